The van der Waals surface area contributed by atoms with Gasteiger partial charge in [0.25, 0.3) is 0 Å². The van der Waals surface area contributed by atoms with Crippen LogP contribution in [0, 0.1) is 0 Å². The van der Waals surface area contributed by atoms with E-state index in [4.69, 9.17) is 9.47 Å². The first kappa shape index (κ1) is 13.1. The molecule has 0 saturated heterocycles. The van der Waals surface area contributed by atoms with Crippen LogP contribution in [0.25, 0.3) is 0 Å². The molecule has 1 aliphatic rings. The number of aromatic nitrogens is 1. The monoisotopic (exact) mass is 250 g/mol. The average Bonchev–Trinajstić information content (AvgIpc) is 2.45. The Labute approximate surface area is 109 Å². The summed E-state index contributed by atoms with van der Waals surface area (Å²) in [4.78, 5) is 4.24. The molecule has 1 N–H and O–H groups in total. The Balaban J connectivity index is 1.62. The lowest BCUT2D eigenvalue weighted by Crippen LogP contribution is -2.20. The van der Waals surface area contributed by atoms with Crippen LogP contribution in [-0.4, -0.2) is 31.3 Å². The Hall–Kier alpha value is -1.29. The zero-order valence-electron chi connectivity index (χ0n) is 11.0. The predicted octanol–water partition coefficient (Wildman–Crippen LogP) is 2.85. The highest BCUT2D eigenvalue weighted by Gasteiger charge is 2.12. The van der Waals surface area contributed by atoms with Crippen LogP contribution >= 0.6 is 0 Å². The molecule has 1 aromatic rings. The van der Waals surface area contributed by atoms with Crippen LogP contribution < -0.4 is 10.1 Å². The maximum absolute atomic E-state index is 5.83. The lowest BCUT2D eigenvalue weighted by atomic mass is 9.98. The second kappa shape index (κ2) is 7.21. The largest absolute Gasteiger partial charge is 0.495 e. The van der Waals surface area contributed by atoms with Crippen LogP contribution in [0.5, 0.6) is 5.75 Å². The second-order valence-corrected chi connectivity index (χ2v) is 4.64. The molecule has 1 fully saturated rings. The smallest absolute Gasteiger partial charge is 0.137 e. The Kier molecular flexibility index (Phi) is 5.27. The zero-order valence-corrected chi connectivity index (χ0v) is 11.0. The zero-order chi connectivity index (χ0) is 12.6. The summed E-state index contributed by atoms with van der Waals surface area (Å²) in [5.74, 6) is 1.64. The number of nitrogens with zero attached hydrogens (tertiary/aromatic N) is 1. The van der Waals surface area contributed by atoms with Gasteiger partial charge in [-0.3, -0.25) is 0 Å². The summed E-state index contributed by atoms with van der Waals surface area (Å²) in [7, 11) is 1.64. The quantitative estimate of drug-likeness (QED) is 0.788. The summed E-state index contributed by atoms with van der Waals surface area (Å²) < 4.78 is 10.9. The van der Waals surface area contributed by atoms with E-state index in [1.54, 1.807) is 13.3 Å². The molecule has 4 nitrogen and oxygen atoms in total. The molecule has 0 aromatic carbocycles. The molecule has 0 spiro atoms. The summed E-state index contributed by atoms with van der Waals surface area (Å²) >= 11 is 0. The SMILES string of the molecule is COc1ccc(NCCOC2CCCCC2)nc1. The number of methoxy groups -OCH3 is 1. The first-order chi connectivity index (χ1) is 8.88. The molecule has 2 rings (SSSR count). The molecule has 0 amide bonds. The number of nitrogens with one attached hydrogen (secondary N) is 1. The number of rotatable bonds is 6. The number of ether oxygens (including phenoxy) is 2. The Morgan fingerprint density at radius 3 is 2.78 bits per heavy atom. The number of hydrogen-bond acceptors (Lipinski definition) is 4. The molecule has 100 valence electrons. The van der Waals surface area contributed by atoms with Gasteiger partial charge in [0, 0.05) is 6.54 Å². The Morgan fingerprint density at radius 2 is 2.11 bits per heavy atom. The van der Waals surface area contributed by atoms with E-state index >= 15 is 0 Å². The van der Waals surface area contributed by atoms with Crippen molar-refractivity contribution in [2.45, 2.75) is 38.2 Å². The van der Waals surface area contributed by atoms with Gasteiger partial charge in [-0.1, -0.05) is 19.3 Å². The maximum atomic E-state index is 5.83. The molecule has 18 heavy (non-hydrogen) atoms. The first-order valence-electron chi connectivity index (χ1n) is 6.74. The minimum atomic E-state index is 0.476. The normalized spacial score (nSPS) is 16.5. The number of pyridine rings is 1. The van der Waals surface area contributed by atoms with E-state index in [0.717, 1.165) is 24.7 Å². The van der Waals surface area contributed by atoms with Crippen molar-refractivity contribution in [2.24, 2.45) is 0 Å². The molecular formula is C14H22N2O2. The van der Waals surface area contributed by atoms with Gasteiger partial charge >= 0.3 is 0 Å². The van der Waals surface area contributed by atoms with Gasteiger partial charge in [-0.15, -0.1) is 0 Å². The fourth-order valence-corrected chi connectivity index (χ4v) is 2.24. The molecule has 4 heteroatoms. The summed E-state index contributed by atoms with van der Waals surface area (Å²) in [6.07, 6.45) is 8.64. The highest BCUT2D eigenvalue weighted by Crippen LogP contribution is 2.20. The highest BCUT2D eigenvalue weighted by atomic mass is 16.5. The van der Waals surface area contributed by atoms with Gasteiger partial charge in [0.05, 0.1) is 26.0 Å². The number of hydrogen-bond donors (Lipinski definition) is 1. The summed E-state index contributed by atoms with van der Waals surface area (Å²) in [6.45, 7) is 1.55. The molecular weight excluding hydrogens is 228 g/mol. The lowest BCUT2D eigenvalue weighted by Gasteiger charge is -2.22. The molecule has 0 radical (unpaired) electrons. The van der Waals surface area contributed by atoms with Gasteiger partial charge in [-0.05, 0) is 25.0 Å². The minimum absolute atomic E-state index is 0.476. The molecule has 0 atom stereocenters. The molecule has 1 saturated carbocycles. The Bertz CT molecular complexity index is 334. The maximum Gasteiger partial charge on any atom is 0.137 e. The second-order valence-electron chi connectivity index (χ2n) is 4.64. The van der Waals surface area contributed by atoms with E-state index in [0.29, 0.717) is 6.10 Å². The number of anilines is 1. The van der Waals surface area contributed by atoms with Gasteiger partial charge in [-0.2, -0.15) is 0 Å². The van der Waals surface area contributed by atoms with Crippen LogP contribution in [0.15, 0.2) is 18.3 Å². The van der Waals surface area contributed by atoms with Crippen LogP contribution in [0.3, 0.4) is 0 Å². The molecule has 0 unspecified atom stereocenters. The fraction of sp³-hybridized carbons (Fsp3) is 0.643. The minimum Gasteiger partial charge on any atom is -0.495 e. The molecule has 1 aliphatic carbocycles. The first-order valence-corrected chi connectivity index (χ1v) is 6.74. The summed E-state index contributed by atoms with van der Waals surface area (Å²) in [5.41, 5.74) is 0. The van der Waals surface area contributed by atoms with E-state index < -0.39 is 0 Å². The molecule has 0 bridgehead atoms. The van der Waals surface area contributed by atoms with Crippen molar-refractivity contribution >= 4 is 5.82 Å². The third kappa shape index (κ3) is 4.18. The van der Waals surface area contributed by atoms with Gasteiger partial charge in [0.2, 0.25) is 0 Å². The third-order valence-corrected chi connectivity index (χ3v) is 3.29. The van der Waals surface area contributed by atoms with E-state index in [1.165, 1.54) is 32.1 Å². The van der Waals surface area contributed by atoms with Crippen LogP contribution in [0.4, 0.5) is 5.82 Å². The third-order valence-electron chi connectivity index (χ3n) is 3.29. The van der Waals surface area contributed by atoms with Gasteiger partial charge < -0.3 is 14.8 Å². The van der Waals surface area contributed by atoms with Crippen LogP contribution in [0.1, 0.15) is 32.1 Å². The Morgan fingerprint density at radius 1 is 1.28 bits per heavy atom. The topological polar surface area (TPSA) is 43.4 Å². The van der Waals surface area contributed by atoms with Crippen molar-refractivity contribution in [1.29, 1.82) is 0 Å². The predicted molar refractivity (Wildman–Crippen MR) is 72.1 cm³/mol. The summed E-state index contributed by atoms with van der Waals surface area (Å²) in [6, 6.07) is 3.82. The fourth-order valence-electron chi connectivity index (χ4n) is 2.24. The van der Waals surface area contributed by atoms with Gasteiger partial charge in [-0.25, -0.2) is 4.98 Å². The van der Waals surface area contributed by atoms with Crippen molar-refractivity contribution < 1.29 is 9.47 Å². The van der Waals surface area contributed by atoms with E-state index in [1.807, 2.05) is 12.1 Å². The van der Waals surface area contributed by atoms with Gasteiger partial charge in [0.1, 0.15) is 11.6 Å². The van der Waals surface area contributed by atoms with E-state index in [-0.39, 0.29) is 0 Å². The van der Waals surface area contributed by atoms with Crippen molar-refractivity contribution in [3.05, 3.63) is 18.3 Å². The van der Waals surface area contributed by atoms with Crippen molar-refractivity contribution in [3.63, 3.8) is 0 Å². The molecule has 1 aromatic heterocycles. The van der Waals surface area contributed by atoms with Crippen molar-refractivity contribution in [1.82, 2.24) is 4.98 Å². The summed E-state index contributed by atoms with van der Waals surface area (Å²) in [5, 5.41) is 3.24. The van der Waals surface area contributed by atoms with Crippen molar-refractivity contribution in [2.75, 3.05) is 25.6 Å². The van der Waals surface area contributed by atoms with Crippen LogP contribution in [-0.2, 0) is 4.74 Å². The van der Waals surface area contributed by atoms with Gasteiger partial charge in [0.15, 0.2) is 0 Å². The molecule has 0 aliphatic heterocycles. The van der Waals surface area contributed by atoms with E-state index in [2.05, 4.69) is 10.3 Å². The standard InChI is InChI=1S/C14H22N2O2/c1-17-13-7-8-14(16-11-13)15-9-10-18-12-5-3-2-4-6-12/h7-8,11-12H,2-6,9-10H2,1H3,(H,15,16). The van der Waals surface area contributed by atoms with Crippen LogP contribution in [0.2, 0.25) is 0 Å². The lowest BCUT2D eigenvalue weighted by molar-refractivity contribution is 0.0347. The van der Waals surface area contributed by atoms with E-state index in [9.17, 15) is 0 Å². The van der Waals surface area contributed by atoms with Crippen molar-refractivity contribution in [3.8, 4) is 5.75 Å². The highest BCUT2D eigenvalue weighted by molar-refractivity contribution is 5.37. The molecule has 1 heterocycles. The average molecular weight is 250 g/mol.